The van der Waals surface area contributed by atoms with E-state index >= 15 is 0 Å². The van der Waals surface area contributed by atoms with Crippen LogP contribution in [0.4, 0.5) is 0 Å². The maximum atomic E-state index is 11.7. The number of aliphatic imine (C=N–C) groups is 1. The molecule has 22 heavy (non-hydrogen) atoms. The number of carbonyl (C=O) groups excluding carboxylic acids is 1. The van der Waals surface area contributed by atoms with Gasteiger partial charge in [0.15, 0.2) is 5.96 Å². The smallest absolute Gasteiger partial charge is 0.241 e. The highest BCUT2D eigenvalue weighted by Crippen LogP contribution is 2.13. The van der Waals surface area contributed by atoms with E-state index in [1.165, 1.54) is 0 Å². The van der Waals surface area contributed by atoms with Crippen molar-refractivity contribution in [3.8, 4) is 0 Å². The summed E-state index contributed by atoms with van der Waals surface area (Å²) in [5.74, 6) is 1.38. The van der Waals surface area contributed by atoms with Crippen molar-refractivity contribution in [3.05, 3.63) is 17.0 Å². The monoisotopic (exact) mass is 309 g/mol. The number of rotatable bonds is 6. The van der Waals surface area contributed by atoms with E-state index in [1.54, 1.807) is 19.0 Å². The molecule has 7 heteroatoms. The number of likely N-dealkylation sites (N-methyl/N-ethyl adjacent to an activating group) is 1. The van der Waals surface area contributed by atoms with Crippen molar-refractivity contribution in [2.75, 3.05) is 20.6 Å². The Morgan fingerprint density at radius 2 is 2.09 bits per heavy atom. The highest BCUT2D eigenvalue weighted by atomic mass is 16.5. The third-order valence-corrected chi connectivity index (χ3v) is 3.48. The molecule has 1 aromatic rings. The molecule has 0 aliphatic heterocycles. The van der Waals surface area contributed by atoms with Gasteiger partial charge in [0.05, 0.1) is 18.8 Å². The van der Waals surface area contributed by atoms with Crippen LogP contribution in [0.25, 0.3) is 0 Å². The number of amides is 1. The maximum Gasteiger partial charge on any atom is 0.241 e. The Balaban J connectivity index is 2.76. The van der Waals surface area contributed by atoms with Crippen molar-refractivity contribution in [1.82, 2.24) is 20.7 Å². The number of nitrogens with zero attached hydrogens (tertiary/aromatic N) is 3. The number of aryl methyl sites for hydroxylation is 2. The van der Waals surface area contributed by atoms with Crippen LogP contribution >= 0.6 is 0 Å². The SMILES string of the molecule is CCC(C)NC(=NCc1c(C)noc1C)NCC(=O)N(C)C. The minimum Gasteiger partial charge on any atom is -0.361 e. The molecule has 0 spiro atoms. The van der Waals surface area contributed by atoms with E-state index in [2.05, 4.69) is 34.6 Å². The molecule has 1 rings (SSSR count). The molecular weight excluding hydrogens is 282 g/mol. The van der Waals surface area contributed by atoms with Gasteiger partial charge in [-0.3, -0.25) is 4.79 Å². The Morgan fingerprint density at radius 3 is 2.59 bits per heavy atom. The van der Waals surface area contributed by atoms with Crippen LogP contribution in [0.2, 0.25) is 0 Å². The van der Waals surface area contributed by atoms with Gasteiger partial charge in [-0.1, -0.05) is 12.1 Å². The molecule has 1 amide bonds. The summed E-state index contributed by atoms with van der Waals surface area (Å²) in [7, 11) is 3.46. The minimum absolute atomic E-state index is 0.00371. The highest BCUT2D eigenvalue weighted by Gasteiger charge is 2.11. The maximum absolute atomic E-state index is 11.7. The zero-order valence-corrected chi connectivity index (χ0v) is 14.4. The minimum atomic E-state index is -0.00371. The van der Waals surface area contributed by atoms with Gasteiger partial charge in [0.25, 0.3) is 0 Å². The topological polar surface area (TPSA) is 82.8 Å². The van der Waals surface area contributed by atoms with Gasteiger partial charge in [-0.25, -0.2) is 4.99 Å². The van der Waals surface area contributed by atoms with Crippen LogP contribution in [-0.2, 0) is 11.3 Å². The Bertz CT molecular complexity index is 503. The van der Waals surface area contributed by atoms with Gasteiger partial charge in [0.1, 0.15) is 5.76 Å². The summed E-state index contributed by atoms with van der Waals surface area (Å²) in [6.45, 7) is 8.59. The molecule has 0 aromatic carbocycles. The van der Waals surface area contributed by atoms with Crippen molar-refractivity contribution >= 4 is 11.9 Å². The zero-order valence-electron chi connectivity index (χ0n) is 14.4. The first-order valence-electron chi connectivity index (χ1n) is 7.51. The van der Waals surface area contributed by atoms with Crippen LogP contribution in [0.5, 0.6) is 0 Å². The molecule has 0 saturated carbocycles. The molecule has 7 nitrogen and oxygen atoms in total. The molecule has 0 radical (unpaired) electrons. The van der Waals surface area contributed by atoms with E-state index in [1.807, 2.05) is 13.8 Å². The first-order chi connectivity index (χ1) is 10.3. The number of aromatic nitrogens is 1. The van der Waals surface area contributed by atoms with Gasteiger partial charge in [0.2, 0.25) is 5.91 Å². The summed E-state index contributed by atoms with van der Waals surface area (Å²) in [6.07, 6.45) is 0.966. The van der Waals surface area contributed by atoms with E-state index in [9.17, 15) is 4.79 Å². The van der Waals surface area contributed by atoms with Gasteiger partial charge < -0.3 is 20.1 Å². The molecule has 124 valence electrons. The lowest BCUT2D eigenvalue weighted by molar-refractivity contribution is -0.127. The van der Waals surface area contributed by atoms with Crippen LogP contribution < -0.4 is 10.6 Å². The molecule has 1 unspecified atom stereocenters. The lowest BCUT2D eigenvalue weighted by Gasteiger charge is -2.18. The number of guanidine groups is 1. The normalized spacial score (nSPS) is 12.9. The quantitative estimate of drug-likeness (QED) is 0.610. The fraction of sp³-hybridized carbons (Fsp3) is 0.667. The van der Waals surface area contributed by atoms with Crippen LogP contribution in [0, 0.1) is 13.8 Å². The van der Waals surface area contributed by atoms with E-state index in [0.29, 0.717) is 12.5 Å². The molecule has 0 bridgehead atoms. The molecule has 0 fully saturated rings. The second-order valence-corrected chi connectivity index (χ2v) is 5.56. The van der Waals surface area contributed by atoms with Crippen molar-refractivity contribution in [3.63, 3.8) is 0 Å². The average Bonchev–Trinajstić information content (AvgIpc) is 2.80. The lowest BCUT2D eigenvalue weighted by Crippen LogP contribution is -2.45. The van der Waals surface area contributed by atoms with Crippen LogP contribution in [-0.4, -0.2) is 48.6 Å². The van der Waals surface area contributed by atoms with Crippen molar-refractivity contribution in [1.29, 1.82) is 0 Å². The predicted molar refractivity (Wildman–Crippen MR) is 86.7 cm³/mol. The van der Waals surface area contributed by atoms with E-state index < -0.39 is 0 Å². The molecule has 1 atom stereocenters. The molecule has 1 aromatic heterocycles. The number of nitrogens with one attached hydrogen (secondary N) is 2. The van der Waals surface area contributed by atoms with Gasteiger partial charge in [-0.05, 0) is 27.2 Å². The predicted octanol–water partition coefficient (Wildman–Crippen LogP) is 1.21. The zero-order chi connectivity index (χ0) is 16.7. The second kappa shape index (κ2) is 8.41. The van der Waals surface area contributed by atoms with Gasteiger partial charge in [0, 0.05) is 25.7 Å². The number of hydrogen-bond acceptors (Lipinski definition) is 4. The average molecular weight is 309 g/mol. The summed E-state index contributed by atoms with van der Waals surface area (Å²) in [5.41, 5.74) is 1.82. The molecule has 2 N–H and O–H groups in total. The highest BCUT2D eigenvalue weighted by molar-refractivity contribution is 5.86. The lowest BCUT2D eigenvalue weighted by atomic mass is 10.2. The molecule has 1 heterocycles. The third-order valence-electron chi connectivity index (χ3n) is 3.48. The Kier molecular flexibility index (Phi) is 6.88. The standard InChI is InChI=1S/C15H27N5O2/c1-7-10(2)18-15(17-9-14(21)20(5)6)16-8-13-11(3)19-22-12(13)4/h10H,7-9H2,1-6H3,(H2,16,17,18). The van der Waals surface area contributed by atoms with E-state index in [0.717, 1.165) is 23.4 Å². The van der Waals surface area contributed by atoms with Gasteiger partial charge >= 0.3 is 0 Å². The number of hydrogen-bond donors (Lipinski definition) is 2. The third kappa shape index (κ3) is 5.38. The van der Waals surface area contributed by atoms with Crippen LogP contribution in [0.15, 0.2) is 9.52 Å². The van der Waals surface area contributed by atoms with Crippen LogP contribution in [0.1, 0.15) is 37.3 Å². The Hall–Kier alpha value is -2.05. The summed E-state index contributed by atoms with van der Waals surface area (Å²) in [6, 6.07) is 0.269. The molecule has 0 aliphatic carbocycles. The largest absolute Gasteiger partial charge is 0.361 e. The first kappa shape index (κ1) is 18.0. The van der Waals surface area contributed by atoms with E-state index in [4.69, 9.17) is 4.52 Å². The number of carbonyl (C=O) groups is 1. The first-order valence-corrected chi connectivity index (χ1v) is 7.51. The Morgan fingerprint density at radius 1 is 1.41 bits per heavy atom. The molecule has 0 aliphatic rings. The summed E-state index contributed by atoms with van der Waals surface area (Å²) in [5, 5.41) is 10.3. The van der Waals surface area contributed by atoms with Gasteiger partial charge in [-0.15, -0.1) is 0 Å². The van der Waals surface area contributed by atoms with Crippen molar-refractivity contribution in [2.45, 2.75) is 46.7 Å². The fourth-order valence-corrected chi connectivity index (χ4v) is 1.69. The summed E-state index contributed by atoms with van der Waals surface area (Å²) >= 11 is 0. The fourth-order valence-electron chi connectivity index (χ4n) is 1.69. The second-order valence-electron chi connectivity index (χ2n) is 5.56. The van der Waals surface area contributed by atoms with Crippen LogP contribution in [0.3, 0.4) is 0 Å². The van der Waals surface area contributed by atoms with Gasteiger partial charge in [-0.2, -0.15) is 0 Å². The van der Waals surface area contributed by atoms with E-state index in [-0.39, 0.29) is 18.5 Å². The summed E-state index contributed by atoms with van der Waals surface area (Å²) in [4.78, 5) is 17.8. The van der Waals surface area contributed by atoms with Crippen molar-refractivity contribution in [2.24, 2.45) is 4.99 Å². The molecular formula is C15H27N5O2. The molecule has 0 saturated heterocycles. The Labute approximate surface area is 132 Å². The van der Waals surface area contributed by atoms with Crippen molar-refractivity contribution < 1.29 is 9.32 Å². The summed E-state index contributed by atoms with van der Waals surface area (Å²) < 4.78 is 5.14.